The van der Waals surface area contributed by atoms with Crippen LogP contribution in [-0.4, -0.2) is 36.1 Å². The number of benzene rings is 1. The lowest BCUT2D eigenvalue weighted by molar-refractivity contribution is 0.105. The second-order valence-electron chi connectivity index (χ2n) is 3.59. The number of ether oxygens (including phenoxy) is 1. The van der Waals surface area contributed by atoms with Gasteiger partial charge in [0.15, 0.2) is 0 Å². The first-order chi connectivity index (χ1) is 7.76. The summed E-state index contributed by atoms with van der Waals surface area (Å²) in [6.45, 7) is 2.89. The van der Waals surface area contributed by atoms with Crippen molar-refractivity contribution in [1.82, 2.24) is 0 Å². The topological polar surface area (TPSA) is 61.7 Å². The first kappa shape index (κ1) is 12.8. The van der Waals surface area contributed by atoms with Gasteiger partial charge in [0, 0.05) is 12.2 Å². The van der Waals surface area contributed by atoms with Gasteiger partial charge in [-0.1, -0.05) is 6.92 Å². The number of nitrogens with one attached hydrogen (secondary N) is 1. The summed E-state index contributed by atoms with van der Waals surface area (Å²) < 4.78 is 5.44. The lowest BCUT2D eigenvalue weighted by Gasteiger charge is -2.11. The highest BCUT2D eigenvalue weighted by atomic mass is 16.5. The standard InChI is InChI=1S/C12H19NO3/c1-2-7-16-12-5-3-10(4-6-12)13-8-11(15)9-14/h3-6,11,13-15H,2,7-9H2,1H3/t11-/m0/s1. The molecule has 4 nitrogen and oxygen atoms in total. The molecule has 1 aromatic carbocycles. The van der Waals surface area contributed by atoms with E-state index in [-0.39, 0.29) is 6.61 Å². The quantitative estimate of drug-likeness (QED) is 0.653. The van der Waals surface area contributed by atoms with Gasteiger partial charge >= 0.3 is 0 Å². The van der Waals surface area contributed by atoms with Gasteiger partial charge in [0.2, 0.25) is 0 Å². The van der Waals surface area contributed by atoms with Crippen LogP contribution in [0.25, 0.3) is 0 Å². The Balaban J connectivity index is 2.38. The van der Waals surface area contributed by atoms with Gasteiger partial charge in [-0.3, -0.25) is 0 Å². The average Bonchev–Trinajstić information content (AvgIpc) is 2.34. The van der Waals surface area contributed by atoms with Crippen LogP contribution in [0, 0.1) is 0 Å². The van der Waals surface area contributed by atoms with E-state index in [4.69, 9.17) is 14.9 Å². The molecule has 0 spiro atoms. The molecule has 0 saturated carbocycles. The highest BCUT2D eigenvalue weighted by Gasteiger charge is 2.01. The van der Waals surface area contributed by atoms with Gasteiger partial charge in [0.1, 0.15) is 5.75 Å². The zero-order chi connectivity index (χ0) is 11.8. The number of hydrogen-bond donors (Lipinski definition) is 3. The van der Waals surface area contributed by atoms with Gasteiger partial charge in [-0.05, 0) is 30.7 Å². The van der Waals surface area contributed by atoms with Crippen LogP contribution >= 0.6 is 0 Å². The molecule has 4 heteroatoms. The van der Waals surface area contributed by atoms with Crippen molar-refractivity contribution in [3.05, 3.63) is 24.3 Å². The molecule has 0 aliphatic heterocycles. The van der Waals surface area contributed by atoms with Crippen molar-refractivity contribution < 1.29 is 14.9 Å². The van der Waals surface area contributed by atoms with Gasteiger partial charge in [-0.15, -0.1) is 0 Å². The molecule has 0 aliphatic carbocycles. The third-order valence-corrected chi connectivity index (χ3v) is 2.08. The Morgan fingerprint density at radius 2 is 2.00 bits per heavy atom. The Morgan fingerprint density at radius 3 is 2.56 bits per heavy atom. The number of rotatable bonds is 7. The third-order valence-electron chi connectivity index (χ3n) is 2.08. The van der Waals surface area contributed by atoms with E-state index in [2.05, 4.69) is 12.2 Å². The minimum atomic E-state index is -0.726. The summed E-state index contributed by atoms with van der Waals surface area (Å²) in [5.74, 6) is 0.843. The van der Waals surface area contributed by atoms with Crippen LogP contribution in [0.15, 0.2) is 24.3 Å². The summed E-state index contributed by atoms with van der Waals surface area (Å²) in [7, 11) is 0. The van der Waals surface area contributed by atoms with Crippen LogP contribution in [0.3, 0.4) is 0 Å². The normalized spacial score (nSPS) is 12.2. The highest BCUT2D eigenvalue weighted by Crippen LogP contribution is 2.15. The minimum absolute atomic E-state index is 0.231. The molecule has 16 heavy (non-hydrogen) atoms. The van der Waals surface area contributed by atoms with E-state index in [1.54, 1.807) is 0 Å². The first-order valence-electron chi connectivity index (χ1n) is 5.52. The molecule has 1 rings (SSSR count). The minimum Gasteiger partial charge on any atom is -0.494 e. The molecule has 0 aliphatic rings. The fourth-order valence-corrected chi connectivity index (χ4v) is 1.19. The van der Waals surface area contributed by atoms with Crippen molar-refractivity contribution in [3.63, 3.8) is 0 Å². The van der Waals surface area contributed by atoms with Gasteiger partial charge in [0.05, 0.1) is 19.3 Å². The highest BCUT2D eigenvalue weighted by molar-refractivity contribution is 5.46. The lowest BCUT2D eigenvalue weighted by atomic mass is 10.3. The maximum absolute atomic E-state index is 9.15. The summed E-state index contributed by atoms with van der Waals surface area (Å²) in [5, 5.41) is 20.8. The molecule has 0 fully saturated rings. The molecule has 0 bridgehead atoms. The Bertz CT molecular complexity index is 287. The van der Waals surface area contributed by atoms with Crippen molar-refractivity contribution in [2.75, 3.05) is 25.1 Å². The van der Waals surface area contributed by atoms with Crippen LogP contribution in [0.1, 0.15) is 13.3 Å². The zero-order valence-corrected chi connectivity index (χ0v) is 9.52. The summed E-state index contributed by atoms with van der Waals surface area (Å²) >= 11 is 0. The monoisotopic (exact) mass is 225 g/mol. The van der Waals surface area contributed by atoms with Gasteiger partial charge in [-0.2, -0.15) is 0 Å². The predicted octanol–water partition coefficient (Wildman–Crippen LogP) is 1.24. The SMILES string of the molecule is CCCOc1ccc(NC[C@H](O)CO)cc1. The molecule has 0 amide bonds. The number of anilines is 1. The molecule has 90 valence electrons. The van der Waals surface area contributed by atoms with Gasteiger partial charge in [-0.25, -0.2) is 0 Å². The van der Waals surface area contributed by atoms with E-state index >= 15 is 0 Å². The van der Waals surface area contributed by atoms with E-state index < -0.39 is 6.10 Å². The molecular weight excluding hydrogens is 206 g/mol. The Labute approximate surface area is 95.9 Å². The molecule has 3 N–H and O–H groups in total. The maximum Gasteiger partial charge on any atom is 0.119 e. The third kappa shape index (κ3) is 4.51. The second kappa shape index (κ2) is 7.09. The molecule has 0 radical (unpaired) electrons. The largest absolute Gasteiger partial charge is 0.494 e. The Hall–Kier alpha value is -1.26. The number of aliphatic hydroxyl groups is 2. The van der Waals surface area contributed by atoms with Crippen LogP contribution in [0.4, 0.5) is 5.69 Å². The van der Waals surface area contributed by atoms with Crippen molar-refractivity contribution in [2.45, 2.75) is 19.4 Å². The number of hydrogen-bond acceptors (Lipinski definition) is 4. The fourth-order valence-electron chi connectivity index (χ4n) is 1.19. The van der Waals surface area contributed by atoms with Gasteiger partial charge < -0.3 is 20.3 Å². The van der Waals surface area contributed by atoms with Crippen LogP contribution < -0.4 is 10.1 Å². The summed E-state index contributed by atoms with van der Waals surface area (Å²) in [4.78, 5) is 0. The predicted molar refractivity (Wildman–Crippen MR) is 63.8 cm³/mol. The first-order valence-corrected chi connectivity index (χ1v) is 5.52. The average molecular weight is 225 g/mol. The second-order valence-corrected chi connectivity index (χ2v) is 3.59. The van der Waals surface area contributed by atoms with Crippen molar-refractivity contribution in [3.8, 4) is 5.75 Å². The summed E-state index contributed by atoms with van der Waals surface area (Å²) in [5.41, 5.74) is 0.899. The van der Waals surface area contributed by atoms with E-state index in [0.29, 0.717) is 6.54 Å². The summed E-state index contributed by atoms with van der Waals surface area (Å²) in [6.07, 6.45) is 0.263. The van der Waals surface area contributed by atoms with Crippen LogP contribution in [-0.2, 0) is 0 Å². The van der Waals surface area contributed by atoms with E-state index in [0.717, 1.165) is 24.5 Å². The van der Waals surface area contributed by atoms with Crippen molar-refractivity contribution in [2.24, 2.45) is 0 Å². The summed E-state index contributed by atoms with van der Waals surface area (Å²) in [6, 6.07) is 7.52. The zero-order valence-electron chi connectivity index (χ0n) is 9.52. The molecule has 0 heterocycles. The molecule has 1 atom stereocenters. The Morgan fingerprint density at radius 1 is 1.31 bits per heavy atom. The van der Waals surface area contributed by atoms with Crippen LogP contribution in [0.2, 0.25) is 0 Å². The van der Waals surface area contributed by atoms with Gasteiger partial charge in [0.25, 0.3) is 0 Å². The van der Waals surface area contributed by atoms with Crippen LogP contribution in [0.5, 0.6) is 5.75 Å². The molecule has 0 aromatic heterocycles. The van der Waals surface area contributed by atoms with Crippen molar-refractivity contribution >= 4 is 5.69 Å². The smallest absolute Gasteiger partial charge is 0.119 e. The fraction of sp³-hybridized carbons (Fsp3) is 0.500. The molecule has 0 saturated heterocycles. The molecule has 1 aromatic rings. The maximum atomic E-state index is 9.15. The number of aliphatic hydroxyl groups excluding tert-OH is 2. The Kier molecular flexibility index (Phi) is 5.67. The van der Waals surface area contributed by atoms with E-state index in [1.807, 2.05) is 24.3 Å². The van der Waals surface area contributed by atoms with E-state index in [1.165, 1.54) is 0 Å². The van der Waals surface area contributed by atoms with E-state index in [9.17, 15) is 0 Å². The lowest BCUT2D eigenvalue weighted by Crippen LogP contribution is -2.22. The molecule has 0 unspecified atom stereocenters. The van der Waals surface area contributed by atoms with Crippen molar-refractivity contribution in [1.29, 1.82) is 0 Å². The molecular formula is C12H19NO3.